The molecule has 0 amide bonds. The molecule has 2 aromatic heterocycles. The van der Waals surface area contributed by atoms with E-state index in [1.54, 1.807) is 0 Å². The summed E-state index contributed by atoms with van der Waals surface area (Å²) in [7, 11) is 0. The molecule has 0 radical (unpaired) electrons. The molecule has 0 saturated carbocycles. The van der Waals surface area contributed by atoms with Crippen LogP contribution >= 0.6 is 0 Å². The molecule has 54 heavy (non-hydrogen) atoms. The Kier molecular flexibility index (Phi) is 6.09. The van der Waals surface area contributed by atoms with E-state index in [1.165, 1.54) is 60.0 Å². The Bertz CT molecular complexity index is 3430. The lowest BCUT2D eigenvalue weighted by atomic mass is 9.85. The molecule has 0 spiro atoms. The molecule has 0 fully saturated rings. The van der Waals surface area contributed by atoms with Crippen LogP contribution in [-0.2, 0) is 0 Å². The van der Waals surface area contributed by atoms with Gasteiger partial charge in [0, 0.05) is 21.5 Å². The van der Waals surface area contributed by atoms with E-state index in [0.29, 0.717) is 0 Å². The van der Waals surface area contributed by atoms with Crippen molar-refractivity contribution in [2.24, 2.45) is 0 Å². The van der Waals surface area contributed by atoms with Gasteiger partial charge in [-0.05, 0) is 107 Å². The highest BCUT2D eigenvalue weighted by molar-refractivity contribution is 6.25. The van der Waals surface area contributed by atoms with Crippen LogP contribution in [-0.4, -0.2) is 0 Å². The second kappa shape index (κ2) is 11.2. The van der Waals surface area contributed by atoms with Gasteiger partial charge < -0.3 is 8.83 Å². The average molecular weight is 687 g/mol. The third-order valence-electron chi connectivity index (χ3n) is 11.4. The van der Waals surface area contributed by atoms with Crippen LogP contribution in [0.2, 0.25) is 0 Å². The SMILES string of the molecule is c1ccc2cc(-c3c4ccccc4c(-c4ccc(-c5ccc6oc7ccc8c9ccc%10ccccc%10c9oc8c7c6c5)cc4)c4ccccc34)ccc2c1. The summed E-state index contributed by atoms with van der Waals surface area (Å²) < 4.78 is 13.1. The first-order valence-corrected chi connectivity index (χ1v) is 18.5. The summed E-state index contributed by atoms with van der Waals surface area (Å²) in [5, 5.41) is 14.1. The molecule has 250 valence electrons. The fraction of sp³-hybridized carbons (Fsp3) is 0. The molecule has 0 bridgehead atoms. The van der Waals surface area contributed by atoms with Crippen LogP contribution in [0.25, 0.3) is 120 Å². The highest BCUT2D eigenvalue weighted by Crippen LogP contribution is 2.45. The van der Waals surface area contributed by atoms with Crippen molar-refractivity contribution in [2.45, 2.75) is 0 Å². The van der Waals surface area contributed by atoms with Gasteiger partial charge in [-0.2, -0.15) is 0 Å². The van der Waals surface area contributed by atoms with Crippen molar-refractivity contribution in [2.75, 3.05) is 0 Å². The van der Waals surface area contributed by atoms with Crippen LogP contribution in [0.1, 0.15) is 0 Å². The molecule has 10 aromatic carbocycles. The minimum atomic E-state index is 0.833. The first-order valence-electron chi connectivity index (χ1n) is 18.5. The molecule has 12 aromatic rings. The molecule has 0 unspecified atom stereocenters. The second-order valence-corrected chi connectivity index (χ2v) is 14.4. The molecule has 2 heteroatoms. The Morgan fingerprint density at radius 3 is 1.52 bits per heavy atom. The zero-order valence-electron chi connectivity index (χ0n) is 29.1. The number of hydrogen-bond donors (Lipinski definition) is 0. The van der Waals surface area contributed by atoms with Gasteiger partial charge in [-0.15, -0.1) is 0 Å². The van der Waals surface area contributed by atoms with E-state index in [1.807, 2.05) is 0 Å². The Labute approximate surface area is 310 Å². The Morgan fingerprint density at radius 1 is 0.259 bits per heavy atom. The van der Waals surface area contributed by atoms with Crippen molar-refractivity contribution in [3.63, 3.8) is 0 Å². The number of benzene rings is 10. The molecule has 0 saturated heterocycles. The zero-order valence-corrected chi connectivity index (χ0v) is 29.1. The molecular formula is C52H30O2. The minimum absolute atomic E-state index is 0.833. The first-order chi connectivity index (χ1) is 26.8. The van der Waals surface area contributed by atoms with E-state index < -0.39 is 0 Å². The van der Waals surface area contributed by atoms with Crippen molar-refractivity contribution in [1.29, 1.82) is 0 Å². The number of furan rings is 2. The van der Waals surface area contributed by atoms with Gasteiger partial charge in [-0.3, -0.25) is 0 Å². The standard InChI is InChI=1S/C52H30O2/c1-2-11-35-29-37(22-19-31(35)9-1)49-41-15-7-5-13-39(41)48(40-14-6-8-16-42(40)49)34-20-17-32(18-21-34)36-24-27-46-45(30-36)50-47(53-46)28-26-44-43-25-23-33-10-3-4-12-38(33)51(43)54-52(44)50/h1-30H. The molecule has 0 atom stereocenters. The average Bonchev–Trinajstić information content (AvgIpc) is 3.81. The Morgan fingerprint density at radius 2 is 0.778 bits per heavy atom. The van der Waals surface area contributed by atoms with Crippen molar-refractivity contribution >= 4 is 87.0 Å². The maximum Gasteiger partial charge on any atom is 0.147 e. The van der Waals surface area contributed by atoms with Gasteiger partial charge >= 0.3 is 0 Å². The summed E-state index contributed by atoms with van der Waals surface area (Å²) in [5.74, 6) is 0. The van der Waals surface area contributed by atoms with Gasteiger partial charge in [-0.25, -0.2) is 0 Å². The summed E-state index contributed by atoms with van der Waals surface area (Å²) >= 11 is 0. The van der Waals surface area contributed by atoms with E-state index in [2.05, 4.69) is 182 Å². The fourth-order valence-corrected chi connectivity index (χ4v) is 8.93. The van der Waals surface area contributed by atoms with Crippen LogP contribution < -0.4 is 0 Å². The van der Waals surface area contributed by atoms with E-state index in [0.717, 1.165) is 60.4 Å². The maximum absolute atomic E-state index is 6.72. The largest absolute Gasteiger partial charge is 0.456 e. The predicted octanol–water partition coefficient (Wildman–Crippen LogP) is 15.1. The third-order valence-corrected chi connectivity index (χ3v) is 11.4. The molecule has 0 aliphatic carbocycles. The Balaban J connectivity index is 1.01. The molecule has 0 N–H and O–H groups in total. The number of hydrogen-bond acceptors (Lipinski definition) is 2. The molecule has 0 aliphatic rings. The van der Waals surface area contributed by atoms with Gasteiger partial charge in [-0.1, -0.05) is 146 Å². The normalized spacial score (nSPS) is 12.1. The lowest BCUT2D eigenvalue weighted by Gasteiger charge is -2.18. The lowest BCUT2D eigenvalue weighted by Crippen LogP contribution is -1.91. The van der Waals surface area contributed by atoms with E-state index in [4.69, 9.17) is 8.83 Å². The summed E-state index contributed by atoms with van der Waals surface area (Å²) in [6.45, 7) is 0. The highest BCUT2D eigenvalue weighted by Gasteiger charge is 2.19. The summed E-state index contributed by atoms with van der Waals surface area (Å²) in [5.41, 5.74) is 10.7. The van der Waals surface area contributed by atoms with Crippen LogP contribution in [0.5, 0.6) is 0 Å². The molecule has 2 nitrogen and oxygen atoms in total. The van der Waals surface area contributed by atoms with Gasteiger partial charge in [0.2, 0.25) is 0 Å². The summed E-state index contributed by atoms with van der Waals surface area (Å²) in [6, 6.07) is 65.7. The van der Waals surface area contributed by atoms with E-state index in [9.17, 15) is 0 Å². The topological polar surface area (TPSA) is 26.3 Å². The first kappa shape index (κ1) is 29.4. The van der Waals surface area contributed by atoms with Crippen molar-refractivity contribution < 1.29 is 8.83 Å². The molecular weight excluding hydrogens is 657 g/mol. The van der Waals surface area contributed by atoms with E-state index in [-0.39, 0.29) is 0 Å². The van der Waals surface area contributed by atoms with Gasteiger partial charge in [0.15, 0.2) is 0 Å². The van der Waals surface area contributed by atoms with Gasteiger partial charge in [0.05, 0.1) is 5.39 Å². The van der Waals surface area contributed by atoms with Gasteiger partial charge in [0.1, 0.15) is 22.3 Å². The molecule has 12 rings (SSSR count). The predicted molar refractivity (Wildman–Crippen MR) is 227 cm³/mol. The molecule has 0 aliphatic heterocycles. The van der Waals surface area contributed by atoms with Crippen LogP contribution in [0.3, 0.4) is 0 Å². The van der Waals surface area contributed by atoms with Crippen LogP contribution in [0.15, 0.2) is 191 Å². The fourth-order valence-electron chi connectivity index (χ4n) is 8.93. The number of fused-ring (bicyclic) bond motifs is 12. The lowest BCUT2D eigenvalue weighted by molar-refractivity contribution is 0.664. The zero-order chi connectivity index (χ0) is 35.3. The van der Waals surface area contributed by atoms with E-state index >= 15 is 0 Å². The molecule has 2 heterocycles. The number of rotatable bonds is 3. The maximum atomic E-state index is 6.72. The summed E-state index contributed by atoms with van der Waals surface area (Å²) in [6.07, 6.45) is 0. The second-order valence-electron chi connectivity index (χ2n) is 14.4. The van der Waals surface area contributed by atoms with Crippen molar-refractivity contribution in [3.05, 3.63) is 182 Å². The monoisotopic (exact) mass is 686 g/mol. The quantitative estimate of drug-likeness (QED) is 0.173. The van der Waals surface area contributed by atoms with Crippen molar-refractivity contribution in [1.82, 2.24) is 0 Å². The van der Waals surface area contributed by atoms with Crippen LogP contribution in [0, 0.1) is 0 Å². The summed E-state index contributed by atoms with van der Waals surface area (Å²) in [4.78, 5) is 0. The third kappa shape index (κ3) is 4.22. The minimum Gasteiger partial charge on any atom is -0.456 e. The Hall–Kier alpha value is -7.16. The smallest absolute Gasteiger partial charge is 0.147 e. The van der Waals surface area contributed by atoms with Crippen LogP contribution in [0.4, 0.5) is 0 Å². The van der Waals surface area contributed by atoms with Gasteiger partial charge in [0.25, 0.3) is 0 Å². The highest BCUT2D eigenvalue weighted by atomic mass is 16.3. The van der Waals surface area contributed by atoms with Crippen molar-refractivity contribution in [3.8, 4) is 33.4 Å².